The molecule has 1 N–H and O–H groups in total. The molecule has 0 bridgehead atoms. The van der Waals surface area contributed by atoms with Crippen LogP contribution in [0.15, 0.2) is 35.2 Å². The average molecular weight is 341 g/mol. The molecule has 1 aliphatic rings. The molecule has 0 radical (unpaired) electrons. The van der Waals surface area contributed by atoms with Crippen molar-refractivity contribution >= 4 is 27.5 Å². The maximum Gasteiger partial charge on any atom is 0.0994 e. The lowest BCUT2D eigenvalue weighted by atomic mass is 9.95. The summed E-state index contributed by atoms with van der Waals surface area (Å²) in [5.41, 5.74) is 2.25. The Bertz CT molecular complexity index is 576. The van der Waals surface area contributed by atoms with E-state index < -0.39 is 0 Å². The third kappa shape index (κ3) is 2.71. The molecule has 19 heavy (non-hydrogen) atoms. The lowest BCUT2D eigenvalue weighted by molar-refractivity contribution is 0.449. The van der Waals surface area contributed by atoms with Gasteiger partial charge in [-0.05, 0) is 44.1 Å². The summed E-state index contributed by atoms with van der Waals surface area (Å²) < 4.78 is 3.11. The maximum absolute atomic E-state index is 6.34. The van der Waals surface area contributed by atoms with Crippen LogP contribution in [0.1, 0.15) is 24.5 Å². The van der Waals surface area contributed by atoms with E-state index in [0.717, 1.165) is 41.1 Å². The van der Waals surface area contributed by atoms with Crippen LogP contribution in [0.4, 0.5) is 0 Å². The molecule has 0 aliphatic carbocycles. The van der Waals surface area contributed by atoms with Crippen LogP contribution in [0.25, 0.3) is 5.69 Å². The minimum absolute atomic E-state index is 0.559. The van der Waals surface area contributed by atoms with E-state index >= 15 is 0 Å². The van der Waals surface area contributed by atoms with Gasteiger partial charge in [-0.3, -0.25) is 0 Å². The van der Waals surface area contributed by atoms with Crippen LogP contribution in [0, 0.1) is 0 Å². The SMILES string of the molecule is Clc1cc(Br)ccc1-n1cncc1C1CCNCC1. The number of hydrogen-bond donors (Lipinski definition) is 1. The third-order valence-corrected chi connectivity index (χ3v) is 4.39. The van der Waals surface area contributed by atoms with Crippen molar-refractivity contribution in [2.75, 3.05) is 13.1 Å². The highest BCUT2D eigenvalue weighted by Gasteiger charge is 2.20. The zero-order valence-corrected chi connectivity index (χ0v) is 12.8. The molecule has 1 fully saturated rings. The van der Waals surface area contributed by atoms with Crippen LogP contribution < -0.4 is 5.32 Å². The molecule has 0 saturated carbocycles. The Hall–Kier alpha value is -0.840. The summed E-state index contributed by atoms with van der Waals surface area (Å²) in [6.07, 6.45) is 6.13. The number of nitrogens with zero attached hydrogens (tertiary/aromatic N) is 2. The zero-order valence-electron chi connectivity index (χ0n) is 10.4. The van der Waals surface area contributed by atoms with E-state index in [1.165, 1.54) is 5.69 Å². The first-order valence-electron chi connectivity index (χ1n) is 6.44. The molecule has 3 rings (SSSR count). The topological polar surface area (TPSA) is 29.9 Å². The molecule has 3 nitrogen and oxygen atoms in total. The fraction of sp³-hybridized carbons (Fsp3) is 0.357. The van der Waals surface area contributed by atoms with Gasteiger partial charge >= 0.3 is 0 Å². The lowest BCUT2D eigenvalue weighted by Crippen LogP contribution is -2.27. The van der Waals surface area contributed by atoms with Gasteiger partial charge in [0.15, 0.2) is 0 Å². The number of aromatic nitrogens is 2. The summed E-state index contributed by atoms with van der Waals surface area (Å²) in [5, 5.41) is 4.13. The normalized spacial score (nSPS) is 16.7. The highest BCUT2D eigenvalue weighted by atomic mass is 79.9. The van der Waals surface area contributed by atoms with Crippen molar-refractivity contribution in [3.05, 3.63) is 45.9 Å². The van der Waals surface area contributed by atoms with Crippen LogP contribution in [-0.4, -0.2) is 22.6 Å². The summed E-state index contributed by atoms with van der Waals surface area (Å²) >= 11 is 9.78. The molecule has 1 saturated heterocycles. The fourth-order valence-electron chi connectivity index (χ4n) is 2.60. The Morgan fingerprint density at radius 1 is 1.32 bits per heavy atom. The highest BCUT2D eigenvalue weighted by molar-refractivity contribution is 9.10. The highest BCUT2D eigenvalue weighted by Crippen LogP contribution is 2.30. The molecule has 0 unspecified atom stereocenters. The minimum Gasteiger partial charge on any atom is -0.317 e. The van der Waals surface area contributed by atoms with Gasteiger partial charge in [-0.2, -0.15) is 0 Å². The van der Waals surface area contributed by atoms with Gasteiger partial charge in [0.2, 0.25) is 0 Å². The molecule has 0 atom stereocenters. The fourth-order valence-corrected chi connectivity index (χ4v) is 3.37. The molecule has 1 aliphatic heterocycles. The molecule has 1 aromatic carbocycles. The van der Waals surface area contributed by atoms with Gasteiger partial charge in [0.25, 0.3) is 0 Å². The van der Waals surface area contributed by atoms with Crippen molar-refractivity contribution in [3.8, 4) is 5.69 Å². The summed E-state index contributed by atoms with van der Waals surface area (Å²) in [6, 6.07) is 5.95. The summed E-state index contributed by atoms with van der Waals surface area (Å²) in [4.78, 5) is 4.31. The van der Waals surface area contributed by atoms with Gasteiger partial charge in [0.1, 0.15) is 0 Å². The average Bonchev–Trinajstić information content (AvgIpc) is 2.89. The minimum atomic E-state index is 0.559. The Labute approximate surface area is 126 Å². The largest absolute Gasteiger partial charge is 0.317 e. The van der Waals surface area contributed by atoms with Crippen molar-refractivity contribution in [3.63, 3.8) is 0 Å². The van der Waals surface area contributed by atoms with E-state index in [4.69, 9.17) is 11.6 Å². The Kier molecular flexibility index (Phi) is 3.91. The van der Waals surface area contributed by atoms with Crippen molar-refractivity contribution in [1.29, 1.82) is 0 Å². The number of hydrogen-bond acceptors (Lipinski definition) is 2. The molecular formula is C14H15BrClN3. The summed E-state index contributed by atoms with van der Waals surface area (Å²) in [5.74, 6) is 0.559. The summed E-state index contributed by atoms with van der Waals surface area (Å²) in [6.45, 7) is 2.15. The first-order chi connectivity index (χ1) is 9.25. The summed E-state index contributed by atoms with van der Waals surface area (Å²) in [7, 11) is 0. The van der Waals surface area contributed by atoms with Gasteiger partial charge < -0.3 is 9.88 Å². The number of nitrogens with one attached hydrogen (secondary N) is 1. The Morgan fingerprint density at radius 2 is 2.11 bits per heavy atom. The van der Waals surface area contributed by atoms with E-state index in [9.17, 15) is 0 Å². The molecule has 2 heterocycles. The quantitative estimate of drug-likeness (QED) is 0.902. The number of rotatable bonds is 2. The van der Waals surface area contributed by atoms with Gasteiger partial charge in [0, 0.05) is 22.3 Å². The number of halogens is 2. The van der Waals surface area contributed by atoms with E-state index in [1.807, 2.05) is 30.7 Å². The zero-order chi connectivity index (χ0) is 13.2. The van der Waals surface area contributed by atoms with Crippen LogP contribution in [0.2, 0.25) is 5.02 Å². The molecule has 0 amide bonds. The van der Waals surface area contributed by atoms with Gasteiger partial charge in [-0.1, -0.05) is 27.5 Å². The third-order valence-electron chi connectivity index (χ3n) is 3.59. The van der Waals surface area contributed by atoms with E-state index in [0.29, 0.717) is 5.92 Å². The van der Waals surface area contributed by atoms with Crippen LogP contribution in [-0.2, 0) is 0 Å². The van der Waals surface area contributed by atoms with Crippen molar-refractivity contribution in [2.24, 2.45) is 0 Å². The molecule has 0 spiro atoms. The second-order valence-corrected chi connectivity index (χ2v) is 6.13. The Balaban J connectivity index is 1.99. The van der Waals surface area contributed by atoms with Gasteiger partial charge in [-0.15, -0.1) is 0 Å². The standard InChI is InChI=1S/C14H15BrClN3/c15-11-1-2-13(12(16)7-11)19-9-18-8-14(19)10-3-5-17-6-4-10/h1-2,7-10,17H,3-6H2. The second-order valence-electron chi connectivity index (χ2n) is 4.81. The lowest BCUT2D eigenvalue weighted by Gasteiger charge is -2.24. The van der Waals surface area contributed by atoms with E-state index in [-0.39, 0.29) is 0 Å². The smallest absolute Gasteiger partial charge is 0.0994 e. The molecular weight excluding hydrogens is 326 g/mol. The second kappa shape index (κ2) is 5.65. The van der Waals surface area contributed by atoms with Crippen LogP contribution >= 0.6 is 27.5 Å². The number of imidazole rings is 1. The number of benzene rings is 1. The Morgan fingerprint density at radius 3 is 2.84 bits per heavy atom. The maximum atomic E-state index is 6.34. The van der Waals surface area contributed by atoms with E-state index in [2.05, 4.69) is 30.8 Å². The first kappa shape index (κ1) is 13.2. The molecule has 2 aromatic rings. The van der Waals surface area contributed by atoms with Gasteiger partial charge in [0.05, 0.1) is 17.0 Å². The van der Waals surface area contributed by atoms with Crippen molar-refractivity contribution < 1.29 is 0 Å². The monoisotopic (exact) mass is 339 g/mol. The first-order valence-corrected chi connectivity index (χ1v) is 7.61. The van der Waals surface area contributed by atoms with Crippen LogP contribution in [0.5, 0.6) is 0 Å². The molecule has 100 valence electrons. The van der Waals surface area contributed by atoms with Crippen LogP contribution in [0.3, 0.4) is 0 Å². The molecule has 5 heteroatoms. The predicted octanol–water partition coefficient (Wildman–Crippen LogP) is 3.76. The van der Waals surface area contributed by atoms with Crippen molar-refractivity contribution in [1.82, 2.24) is 14.9 Å². The number of piperidine rings is 1. The van der Waals surface area contributed by atoms with E-state index in [1.54, 1.807) is 0 Å². The molecule has 1 aromatic heterocycles. The predicted molar refractivity (Wildman–Crippen MR) is 81.1 cm³/mol. The van der Waals surface area contributed by atoms with Gasteiger partial charge in [-0.25, -0.2) is 4.98 Å². The van der Waals surface area contributed by atoms with Crippen molar-refractivity contribution in [2.45, 2.75) is 18.8 Å².